The molecule has 7 rings (SSSR count). The van der Waals surface area contributed by atoms with E-state index in [0.29, 0.717) is 22.4 Å². The minimum atomic E-state index is -0.681. The van der Waals surface area contributed by atoms with Crippen LogP contribution >= 0.6 is 11.6 Å². The molecule has 2 N–H and O–H groups in total. The predicted molar refractivity (Wildman–Crippen MR) is 176 cm³/mol. The van der Waals surface area contributed by atoms with Gasteiger partial charge in [-0.1, -0.05) is 96.5 Å². The minimum Gasteiger partial charge on any atom is -0.461 e. The molecule has 1 aliphatic heterocycles. The summed E-state index contributed by atoms with van der Waals surface area (Å²) in [6.07, 6.45) is 0.286. The van der Waals surface area contributed by atoms with Crippen molar-refractivity contribution in [2.24, 2.45) is 4.99 Å². The summed E-state index contributed by atoms with van der Waals surface area (Å²) in [7, 11) is 0. The number of nitrogens with zero attached hydrogens (tertiary/aromatic N) is 4. The van der Waals surface area contributed by atoms with Gasteiger partial charge in [0.25, 0.3) is 5.91 Å². The van der Waals surface area contributed by atoms with Crippen LogP contribution in [0.5, 0.6) is 0 Å². The average Bonchev–Trinajstić information content (AvgIpc) is 3.68. The lowest BCUT2D eigenvalue weighted by atomic mass is 10.00. The van der Waals surface area contributed by atoms with Gasteiger partial charge in [0.2, 0.25) is 0 Å². The highest BCUT2D eigenvalue weighted by Gasteiger charge is 2.29. The molecule has 10 heteroatoms. The summed E-state index contributed by atoms with van der Waals surface area (Å²) in [5.74, 6) is 0.375. The summed E-state index contributed by atoms with van der Waals surface area (Å²) < 4.78 is 7.48. The third kappa shape index (κ3) is 5.92. The van der Waals surface area contributed by atoms with Gasteiger partial charge in [-0.3, -0.25) is 19.1 Å². The second kappa shape index (κ2) is 12.8. The van der Waals surface area contributed by atoms with Gasteiger partial charge >= 0.3 is 5.97 Å². The molecule has 4 aromatic carbocycles. The van der Waals surface area contributed by atoms with Gasteiger partial charge in [0.1, 0.15) is 18.8 Å². The van der Waals surface area contributed by atoms with Crippen LogP contribution in [-0.2, 0) is 22.7 Å². The Balaban J connectivity index is 1.22. The van der Waals surface area contributed by atoms with E-state index in [1.54, 1.807) is 6.07 Å². The van der Waals surface area contributed by atoms with E-state index in [-0.39, 0.29) is 37.9 Å². The van der Waals surface area contributed by atoms with Crippen molar-refractivity contribution < 1.29 is 14.3 Å². The molecule has 0 unspecified atom stereocenters. The lowest BCUT2D eigenvalue weighted by Crippen LogP contribution is -2.31. The maximum Gasteiger partial charge on any atom is 0.306 e. The van der Waals surface area contributed by atoms with Crippen molar-refractivity contribution in [1.29, 1.82) is 0 Å². The maximum absolute atomic E-state index is 13.7. The molecule has 0 fully saturated rings. The number of halogens is 1. The van der Waals surface area contributed by atoms with Crippen LogP contribution < -0.4 is 5.32 Å². The Hall–Kier alpha value is -5.54. The Kier molecular flexibility index (Phi) is 8.14. The first-order valence-electron chi connectivity index (χ1n) is 15.0. The number of rotatable bonds is 9. The van der Waals surface area contributed by atoms with Crippen molar-refractivity contribution in [3.8, 4) is 5.69 Å². The number of aromatic amines is 1. The molecular formula is C36H29ClN6O3. The van der Waals surface area contributed by atoms with Crippen LogP contribution in [0.4, 0.5) is 0 Å². The van der Waals surface area contributed by atoms with Crippen molar-refractivity contribution in [2.45, 2.75) is 32.0 Å². The van der Waals surface area contributed by atoms with Gasteiger partial charge in [-0.15, -0.1) is 10.2 Å². The van der Waals surface area contributed by atoms with E-state index in [1.807, 2.05) is 108 Å². The Bertz CT molecular complexity index is 2050. The van der Waals surface area contributed by atoms with Gasteiger partial charge < -0.3 is 15.0 Å². The average molecular weight is 629 g/mol. The van der Waals surface area contributed by atoms with Gasteiger partial charge in [0, 0.05) is 33.5 Å². The monoisotopic (exact) mass is 628 g/mol. The minimum absolute atomic E-state index is 0.0513. The largest absolute Gasteiger partial charge is 0.461 e. The summed E-state index contributed by atoms with van der Waals surface area (Å²) in [6.45, 7) is 0.408. The summed E-state index contributed by atoms with van der Waals surface area (Å²) in [4.78, 5) is 34.7. The smallest absolute Gasteiger partial charge is 0.306 e. The fraction of sp³-hybridized carbons (Fsp3) is 0.139. The number of aromatic nitrogens is 4. The van der Waals surface area contributed by atoms with Crippen molar-refractivity contribution in [3.63, 3.8) is 0 Å². The highest BCUT2D eigenvalue weighted by atomic mass is 35.5. The van der Waals surface area contributed by atoms with E-state index in [1.165, 1.54) is 0 Å². The predicted octanol–water partition coefficient (Wildman–Crippen LogP) is 6.75. The molecule has 6 aromatic rings. The van der Waals surface area contributed by atoms with Gasteiger partial charge in [0.05, 0.1) is 17.4 Å². The number of fused-ring (bicyclic) bond motifs is 4. The quantitative estimate of drug-likeness (QED) is 0.172. The summed E-state index contributed by atoms with van der Waals surface area (Å²) >= 11 is 6.61. The third-order valence-electron chi connectivity index (χ3n) is 7.93. The van der Waals surface area contributed by atoms with E-state index < -0.39 is 6.04 Å². The van der Waals surface area contributed by atoms with Crippen LogP contribution in [-0.4, -0.2) is 37.3 Å². The first-order valence-corrected chi connectivity index (χ1v) is 15.3. The van der Waals surface area contributed by atoms with Gasteiger partial charge in [-0.05, 0) is 36.2 Å². The summed E-state index contributed by atoms with van der Waals surface area (Å²) in [5, 5.41) is 13.7. The van der Waals surface area contributed by atoms with E-state index in [4.69, 9.17) is 21.3 Å². The highest BCUT2D eigenvalue weighted by Crippen LogP contribution is 2.31. The molecule has 9 nitrogen and oxygen atoms in total. The first kappa shape index (κ1) is 29.2. The molecule has 46 heavy (non-hydrogen) atoms. The molecule has 1 amide bonds. The number of aliphatic imine (C=N–C) groups is 1. The van der Waals surface area contributed by atoms with Crippen molar-refractivity contribution >= 4 is 40.1 Å². The topological polar surface area (TPSA) is 114 Å². The maximum atomic E-state index is 13.7. The molecular weight excluding hydrogens is 600 g/mol. The normalized spacial score (nSPS) is 12.8. The summed E-state index contributed by atoms with van der Waals surface area (Å²) in [6, 6.07) is 33.7. The second-order valence-corrected chi connectivity index (χ2v) is 11.4. The lowest BCUT2D eigenvalue weighted by Gasteiger charge is -2.20. The Morgan fingerprint density at radius 3 is 2.46 bits per heavy atom. The standard InChI is InChI=1S/C36H29ClN6O3/c37-27-15-7-5-13-25(27)34-26-14-6-9-17-31(26)43-32(21-38-34)41-42-35(43)29(18-19-33(44)46-22-23-10-2-1-3-11-23)40-36(45)30-20-24-12-4-8-16-28(24)39-30/h1-17,20,29,39H,18-19,21-22H2,(H,40,45)/t29-/m1/s1. The molecule has 0 aliphatic carbocycles. The van der Waals surface area contributed by atoms with Gasteiger partial charge in [0.15, 0.2) is 11.6 Å². The van der Waals surface area contributed by atoms with Crippen molar-refractivity contribution in [3.05, 3.63) is 148 Å². The number of amides is 1. The zero-order valence-corrected chi connectivity index (χ0v) is 25.4. The first-order chi connectivity index (χ1) is 22.5. The van der Waals surface area contributed by atoms with Crippen LogP contribution in [0.3, 0.4) is 0 Å². The molecule has 3 heterocycles. The van der Waals surface area contributed by atoms with E-state index in [2.05, 4.69) is 20.5 Å². The zero-order chi connectivity index (χ0) is 31.5. The van der Waals surface area contributed by atoms with Gasteiger partial charge in [-0.2, -0.15) is 0 Å². The molecule has 1 atom stereocenters. The molecule has 2 aromatic heterocycles. The molecule has 228 valence electrons. The van der Waals surface area contributed by atoms with Crippen LogP contribution in [0.2, 0.25) is 5.02 Å². The number of para-hydroxylation sites is 2. The molecule has 0 radical (unpaired) electrons. The molecule has 0 bridgehead atoms. The number of carbonyl (C=O) groups excluding carboxylic acids is 2. The Morgan fingerprint density at radius 2 is 1.63 bits per heavy atom. The number of hydrogen-bond acceptors (Lipinski definition) is 6. The van der Waals surface area contributed by atoms with Crippen LogP contribution in [0.1, 0.15) is 57.7 Å². The molecule has 0 spiro atoms. The Morgan fingerprint density at radius 1 is 0.891 bits per heavy atom. The fourth-order valence-corrected chi connectivity index (χ4v) is 5.90. The number of ether oxygens (including phenoxy) is 1. The SMILES string of the molecule is O=C(CC[C@@H](NC(=O)c1cc2ccccc2[nH]1)c1nnc2n1-c1ccccc1C(c1ccccc1Cl)=NC2)OCc1ccccc1. The Labute approximate surface area is 269 Å². The molecule has 0 saturated carbocycles. The highest BCUT2D eigenvalue weighted by molar-refractivity contribution is 6.35. The van der Waals surface area contributed by atoms with Crippen molar-refractivity contribution in [2.75, 3.05) is 0 Å². The summed E-state index contributed by atoms with van der Waals surface area (Å²) in [5.41, 5.74) is 5.33. The number of benzene rings is 4. The van der Waals surface area contributed by atoms with Crippen LogP contribution in [0.25, 0.3) is 16.6 Å². The molecule has 0 saturated heterocycles. The van der Waals surface area contributed by atoms with E-state index in [0.717, 1.165) is 39.0 Å². The van der Waals surface area contributed by atoms with E-state index in [9.17, 15) is 9.59 Å². The third-order valence-corrected chi connectivity index (χ3v) is 8.26. The fourth-order valence-electron chi connectivity index (χ4n) is 5.68. The number of esters is 1. The van der Waals surface area contributed by atoms with Crippen molar-refractivity contribution in [1.82, 2.24) is 25.1 Å². The lowest BCUT2D eigenvalue weighted by molar-refractivity contribution is -0.145. The second-order valence-electron chi connectivity index (χ2n) is 11.0. The molecule has 1 aliphatic rings. The van der Waals surface area contributed by atoms with Gasteiger partial charge in [-0.25, -0.2) is 0 Å². The number of carbonyl (C=O) groups is 2. The number of hydrogen-bond donors (Lipinski definition) is 2. The van der Waals surface area contributed by atoms with E-state index >= 15 is 0 Å². The number of H-pyrrole nitrogens is 1. The van der Waals surface area contributed by atoms with Crippen LogP contribution in [0, 0.1) is 0 Å². The zero-order valence-electron chi connectivity index (χ0n) is 24.7. The number of nitrogens with one attached hydrogen (secondary N) is 2. The van der Waals surface area contributed by atoms with Crippen LogP contribution in [0.15, 0.2) is 114 Å².